The van der Waals surface area contributed by atoms with Crippen LogP contribution in [0.25, 0.3) is 11.2 Å². The molecule has 0 spiro atoms. The highest BCUT2D eigenvalue weighted by Gasteiger charge is 2.43. The van der Waals surface area contributed by atoms with Crippen LogP contribution in [0.2, 0.25) is 0 Å². The van der Waals surface area contributed by atoms with Gasteiger partial charge in [-0.1, -0.05) is 11.8 Å². The summed E-state index contributed by atoms with van der Waals surface area (Å²) >= 11 is 1.30. The Morgan fingerprint density at radius 1 is 1.36 bits per heavy atom. The van der Waals surface area contributed by atoms with Crippen molar-refractivity contribution in [3.8, 4) is 6.07 Å². The van der Waals surface area contributed by atoms with Crippen molar-refractivity contribution in [1.82, 2.24) is 19.5 Å². The smallest absolute Gasteiger partial charge is 0.250 e. The molecule has 28 heavy (non-hydrogen) atoms. The quantitative estimate of drug-likeness (QED) is 0.517. The summed E-state index contributed by atoms with van der Waals surface area (Å²) < 4.78 is 28.7. The molecule has 2 aliphatic carbocycles. The van der Waals surface area contributed by atoms with E-state index in [1.807, 2.05) is 6.07 Å². The molecule has 2 aliphatic rings. The maximum Gasteiger partial charge on any atom is 0.250 e. The van der Waals surface area contributed by atoms with Gasteiger partial charge in [-0.2, -0.15) is 5.26 Å². The number of thioether (sulfide) groups is 1. The third kappa shape index (κ3) is 3.29. The molecule has 0 amide bonds. The van der Waals surface area contributed by atoms with Crippen molar-refractivity contribution in [2.24, 2.45) is 5.92 Å². The highest BCUT2D eigenvalue weighted by Crippen LogP contribution is 2.39. The van der Waals surface area contributed by atoms with Gasteiger partial charge >= 0.3 is 0 Å². The summed E-state index contributed by atoms with van der Waals surface area (Å²) in [5.74, 6) is -2.99. The predicted octanol–water partition coefficient (Wildman–Crippen LogP) is 1.95. The summed E-state index contributed by atoms with van der Waals surface area (Å²) in [7, 11) is 0. The van der Waals surface area contributed by atoms with E-state index in [0.29, 0.717) is 28.6 Å². The molecule has 2 fully saturated rings. The zero-order chi connectivity index (χ0) is 20.1. The van der Waals surface area contributed by atoms with Crippen LogP contribution in [-0.4, -0.2) is 60.2 Å². The summed E-state index contributed by atoms with van der Waals surface area (Å²) in [5, 5.41) is 33.1. The summed E-state index contributed by atoms with van der Waals surface area (Å²) in [6.07, 6.45) is 1.20. The number of aliphatic hydroxyl groups excluding tert-OH is 2. The average molecular weight is 410 g/mol. The van der Waals surface area contributed by atoms with Gasteiger partial charge in [0.15, 0.2) is 22.1 Å². The fourth-order valence-corrected chi connectivity index (χ4v) is 4.37. The van der Waals surface area contributed by atoms with Crippen LogP contribution in [-0.2, 0) is 0 Å². The van der Waals surface area contributed by atoms with Crippen molar-refractivity contribution in [2.45, 2.75) is 61.1 Å². The van der Waals surface area contributed by atoms with Gasteiger partial charge < -0.3 is 20.1 Å². The first-order chi connectivity index (χ1) is 13.3. The van der Waals surface area contributed by atoms with Crippen molar-refractivity contribution in [2.75, 3.05) is 11.6 Å². The predicted molar refractivity (Wildman–Crippen MR) is 98.1 cm³/mol. The van der Waals surface area contributed by atoms with Gasteiger partial charge in [0.05, 0.1) is 30.5 Å². The normalized spacial score (nSPS) is 31.9. The first-order valence-corrected chi connectivity index (χ1v) is 10.2. The van der Waals surface area contributed by atoms with Gasteiger partial charge in [-0.3, -0.25) is 0 Å². The largest absolute Gasteiger partial charge is 0.389 e. The number of alkyl halides is 2. The number of hydrogen-bond acceptors (Lipinski definition) is 8. The van der Waals surface area contributed by atoms with Crippen molar-refractivity contribution in [3.05, 3.63) is 6.33 Å². The SMILES string of the molecule is CSc1nc(N[C@@H]2CCC(F)(F)C2)c2ncn(C3CC(C#N)C(O)C3O)c2n1. The van der Waals surface area contributed by atoms with Crippen LogP contribution in [0.1, 0.15) is 31.7 Å². The minimum Gasteiger partial charge on any atom is -0.389 e. The van der Waals surface area contributed by atoms with E-state index in [-0.39, 0.29) is 19.3 Å². The summed E-state index contributed by atoms with van der Waals surface area (Å²) in [6.45, 7) is 0. The van der Waals surface area contributed by atoms with E-state index in [0.717, 1.165) is 0 Å². The summed E-state index contributed by atoms with van der Waals surface area (Å²) in [6, 6.07) is 1.04. The van der Waals surface area contributed by atoms with Gasteiger partial charge in [-0.25, -0.2) is 23.7 Å². The van der Waals surface area contributed by atoms with Crippen molar-refractivity contribution in [3.63, 3.8) is 0 Å². The fraction of sp³-hybridized carbons (Fsp3) is 0.647. The summed E-state index contributed by atoms with van der Waals surface area (Å²) in [4.78, 5) is 13.2. The Morgan fingerprint density at radius 3 is 2.75 bits per heavy atom. The maximum absolute atomic E-state index is 13.5. The molecule has 8 nitrogen and oxygen atoms in total. The molecule has 0 saturated heterocycles. The highest BCUT2D eigenvalue weighted by molar-refractivity contribution is 7.98. The Balaban J connectivity index is 1.70. The monoisotopic (exact) mass is 410 g/mol. The average Bonchev–Trinajstić information content (AvgIpc) is 3.31. The Kier molecular flexibility index (Phi) is 4.89. The van der Waals surface area contributed by atoms with E-state index in [2.05, 4.69) is 20.3 Å². The zero-order valence-electron chi connectivity index (χ0n) is 15.1. The molecule has 5 atom stereocenters. The number of aromatic nitrogens is 4. The van der Waals surface area contributed by atoms with Crippen LogP contribution in [0.3, 0.4) is 0 Å². The second kappa shape index (κ2) is 7.09. The van der Waals surface area contributed by atoms with Crippen LogP contribution < -0.4 is 5.32 Å². The maximum atomic E-state index is 13.5. The molecule has 2 aromatic heterocycles. The molecular weight excluding hydrogens is 390 g/mol. The lowest BCUT2D eigenvalue weighted by atomic mass is 10.1. The number of imidazole rings is 1. The lowest BCUT2D eigenvalue weighted by Crippen LogP contribution is -2.29. The van der Waals surface area contributed by atoms with Gasteiger partial charge in [-0.15, -0.1) is 0 Å². The molecule has 3 N–H and O–H groups in total. The molecule has 150 valence electrons. The number of halogens is 2. The third-order valence-corrected chi connectivity index (χ3v) is 6.05. The highest BCUT2D eigenvalue weighted by atomic mass is 32.2. The van der Waals surface area contributed by atoms with E-state index in [1.165, 1.54) is 18.1 Å². The first-order valence-electron chi connectivity index (χ1n) is 9.01. The van der Waals surface area contributed by atoms with Gasteiger partial charge in [0, 0.05) is 18.9 Å². The first kappa shape index (κ1) is 19.3. The molecule has 4 unspecified atom stereocenters. The number of nitrogens with zero attached hydrogens (tertiary/aromatic N) is 5. The zero-order valence-corrected chi connectivity index (χ0v) is 15.9. The fourth-order valence-electron chi connectivity index (χ4n) is 4.01. The van der Waals surface area contributed by atoms with Crippen LogP contribution >= 0.6 is 11.8 Å². The second-order valence-electron chi connectivity index (χ2n) is 7.34. The van der Waals surface area contributed by atoms with E-state index < -0.39 is 36.1 Å². The molecule has 2 saturated carbocycles. The van der Waals surface area contributed by atoms with Gasteiger partial charge in [0.1, 0.15) is 6.10 Å². The topological polar surface area (TPSA) is 120 Å². The van der Waals surface area contributed by atoms with Crippen molar-refractivity contribution < 1.29 is 19.0 Å². The van der Waals surface area contributed by atoms with E-state index in [1.54, 1.807) is 10.8 Å². The van der Waals surface area contributed by atoms with Crippen molar-refractivity contribution >= 4 is 28.7 Å². The second-order valence-corrected chi connectivity index (χ2v) is 8.12. The number of fused-ring (bicyclic) bond motifs is 1. The molecule has 11 heteroatoms. The number of aliphatic hydroxyl groups is 2. The molecule has 0 bridgehead atoms. The lowest BCUT2D eigenvalue weighted by molar-refractivity contribution is 0.00852. The number of anilines is 1. The molecule has 0 aliphatic heterocycles. The molecule has 0 radical (unpaired) electrons. The minimum absolute atomic E-state index is 0.162. The van der Waals surface area contributed by atoms with Crippen LogP contribution in [0.5, 0.6) is 0 Å². The molecule has 0 aromatic carbocycles. The van der Waals surface area contributed by atoms with Crippen LogP contribution in [0.4, 0.5) is 14.6 Å². The minimum atomic E-state index is -2.68. The number of nitrogens with one attached hydrogen (secondary N) is 1. The van der Waals surface area contributed by atoms with Crippen molar-refractivity contribution in [1.29, 1.82) is 5.26 Å². The standard InChI is InChI=1S/C17H20F2N6O2S/c1-28-16-23-14(22-9-2-3-17(18,19)5-9)11-15(24-16)25(7-21-11)10-4-8(6-20)12(26)13(10)27/h7-10,12-13,26-27H,2-5H2,1H3,(H,22,23,24)/t8?,9-,10?,12?,13?/m1/s1. The Bertz CT molecular complexity index is 932. The third-order valence-electron chi connectivity index (χ3n) is 5.50. The molecule has 2 aromatic rings. The van der Waals surface area contributed by atoms with Gasteiger partial charge in [-0.05, 0) is 19.1 Å². The number of rotatable bonds is 4. The van der Waals surface area contributed by atoms with E-state index in [4.69, 9.17) is 5.26 Å². The lowest BCUT2D eigenvalue weighted by Gasteiger charge is -2.18. The Hall–Kier alpha value is -2.03. The van der Waals surface area contributed by atoms with Gasteiger partial charge in [0.25, 0.3) is 0 Å². The number of hydrogen-bond donors (Lipinski definition) is 3. The Labute approximate surface area is 164 Å². The Morgan fingerprint density at radius 2 is 2.14 bits per heavy atom. The summed E-state index contributed by atoms with van der Waals surface area (Å²) in [5.41, 5.74) is 0.844. The van der Waals surface area contributed by atoms with Crippen LogP contribution in [0, 0.1) is 17.2 Å². The van der Waals surface area contributed by atoms with Gasteiger partial charge in [0.2, 0.25) is 5.92 Å². The molecular formula is C17H20F2N6O2S. The van der Waals surface area contributed by atoms with Crippen LogP contribution in [0.15, 0.2) is 11.5 Å². The molecule has 2 heterocycles. The van der Waals surface area contributed by atoms with E-state index in [9.17, 15) is 19.0 Å². The molecule has 4 rings (SSSR count). The number of nitriles is 1. The van der Waals surface area contributed by atoms with E-state index >= 15 is 0 Å².